The third-order valence-corrected chi connectivity index (χ3v) is 4.89. The molecule has 5 nitrogen and oxygen atoms in total. The summed E-state index contributed by atoms with van der Waals surface area (Å²) >= 11 is 0. The van der Waals surface area contributed by atoms with E-state index in [4.69, 9.17) is 4.74 Å². The van der Waals surface area contributed by atoms with Crippen LogP contribution in [0.3, 0.4) is 0 Å². The van der Waals surface area contributed by atoms with Crippen molar-refractivity contribution < 1.29 is 9.53 Å². The number of nitrogens with one attached hydrogen (secondary N) is 1. The maximum Gasteiger partial charge on any atom is 0.234 e. The van der Waals surface area contributed by atoms with E-state index in [0.29, 0.717) is 13.1 Å². The lowest BCUT2D eigenvalue weighted by molar-refractivity contribution is -0.122. The van der Waals surface area contributed by atoms with Gasteiger partial charge in [-0.1, -0.05) is 33.1 Å². The lowest BCUT2D eigenvalue weighted by Crippen LogP contribution is -2.48. The second kappa shape index (κ2) is 11.8. The Morgan fingerprint density at radius 2 is 1.79 bits per heavy atom. The van der Waals surface area contributed by atoms with Crippen molar-refractivity contribution in [1.29, 1.82) is 0 Å². The summed E-state index contributed by atoms with van der Waals surface area (Å²) in [6, 6.07) is 0. The highest BCUT2D eigenvalue weighted by Gasteiger charge is 2.23. The first-order valence-corrected chi connectivity index (χ1v) is 9.80. The molecule has 0 aromatic heterocycles. The third-order valence-electron chi connectivity index (χ3n) is 4.89. The SMILES string of the molecule is CCCCC(C)(CCC)OCCCNC(=O)CN1CCN(C)CC1. The highest BCUT2D eigenvalue weighted by atomic mass is 16.5. The second-order valence-corrected chi connectivity index (χ2v) is 7.43. The number of piperazine rings is 1. The van der Waals surface area contributed by atoms with Crippen LogP contribution < -0.4 is 5.32 Å². The summed E-state index contributed by atoms with van der Waals surface area (Å²) in [5.41, 5.74) is 0.00853. The molecule has 24 heavy (non-hydrogen) atoms. The van der Waals surface area contributed by atoms with Gasteiger partial charge in [-0.3, -0.25) is 9.69 Å². The Balaban J connectivity index is 2.12. The summed E-state index contributed by atoms with van der Waals surface area (Å²) in [7, 11) is 2.13. The zero-order valence-electron chi connectivity index (χ0n) is 16.4. The van der Waals surface area contributed by atoms with E-state index in [0.717, 1.165) is 58.5 Å². The van der Waals surface area contributed by atoms with Crippen LogP contribution in [0.25, 0.3) is 0 Å². The maximum atomic E-state index is 12.0. The van der Waals surface area contributed by atoms with Gasteiger partial charge >= 0.3 is 0 Å². The predicted octanol–water partition coefficient (Wildman–Crippen LogP) is 2.51. The smallest absolute Gasteiger partial charge is 0.234 e. The van der Waals surface area contributed by atoms with E-state index >= 15 is 0 Å². The molecule has 1 saturated heterocycles. The molecule has 1 N–H and O–H groups in total. The minimum atomic E-state index is 0.00853. The molecule has 1 amide bonds. The predicted molar refractivity (Wildman–Crippen MR) is 100 cm³/mol. The van der Waals surface area contributed by atoms with Crippen LogP contribution in [0, 0.1) is 0 Å². The Hall–Kier alpha value is -0.650. The zero-order chi connectivity index (χ0) is 17.8. The average Bonchev–Trinajstić information content (AvgIpc) is 2.55. The van der Waals surface area contributed by atoms with E-state index in [-0.39, 0.29) is 11.5 Å². The van der Waals surface area contributed by atoms with Crippen molar-refractivity contribution in [2.24, 2.45) is 0 Å². The second-order valence-electron chi connectivity index (χ2n) is 7.43. The molecule has 0 aromatic carbocycles. The van der Waals surface area contributed by atoms with E-state index in [1.807, 2.05) is 0 Å². The molecule has 1 heterocycles. The zero-order valence-corrected chi connectivity index (χ0v) is 16.4. The fourth-order valence-electron chi connectivity index (χ4n) is 3.23. The number of likely N-dealkylation sites (N-methyl/N-ethyl adjacent to an activating group) is 1. The normalized spacial score (nSPS) is 19.2. The van der Waals surface area contributed by atoms with Crippen LogP contribution in [-0.4, -0.2) is 74.2 Å². The Bertz CT molecular complexity index is 344. The number of hydrogen-bond donors (Lipinski definition) is 1. The summed E-state index contributed by atoms with van der Waals surface area (Å²) in [6.45, 7) is 12.7. The van der Waals surface area contributed by atoms with Crippen LogP contribution >= 0.6 is 0 Å². The minimum absolute atomic E-state index is 0.00853. The van der Waals surface area contributed by atoms with Gasteiger partial charge in [-0.2, -0.15) is 0 Å². The topological polar surface area (TPSA) is 44.8 Å². The fraction of sp³-hybridized carbons (Fsp3) is 0.947. The largest absolute Gasteiger partial charge is 0.375 e. The molecule has 1 unspecified atom stereocenters. The van der Waals surface area contributed by atoms with Gasteiger partial charge in [0.2, 0.25) is 5.91 Å². The summed E-state index contributed by atoms with van der Waals surface area (Å²) in [6.07, 6.45) is 6.72. The molecular weight excluding hydrogens is 302 g/mol. The molecule has 1 fully saturated rings. The lowest BCUT2D eigenvalue weighted by atomic mass is 9.93. The molecule has 1 aliphatic heterocycles. The third kappa shape index (κ3) is 9.00. The molecule has 0 bridgehead atoms. The number of carbonyl (C=O) groups excluding carboxylic acids is 1. The van der Waals surface area contributed by atoms with Gasteiger partial charge in [0.05, 0.1) is 12.1 Å². The minimum Gasteiger partial charge on any atom is -0.375 e. The van der Waals surface area contributed by atoms with Crippen molar-refractivity contribution in [3.63, 3.8) is 0 Å². The first-order valence-electron chi connectivity index (χ1n) is 9.80. The summed E-state index contributed by atoms with van der Waals surface area (Å²) in [5.74, 6) is 0.141. The van der Waals surface area contributed by atoms with Crippen LogP contribution in [0.5, 0.6) is 0 Å². The van der Waals surface area contributed by atoms with E-state index < -0.39 is 0 Å². The Morgan fingerprint density at radius 1 is 1.08 bits per heavy atom. The van der Waals surface area contributed by atoms with Crippen molar-refractivity contribution in [1.82, 2.24) is 15.1 Å². The molecule has 0 radical (unpaired) electrons. The van der Waals surface area contributed by atoms with Gasteiger partial charge in [0.1, 0.15) is 0 Å². The number of hydrogen-bond acceptors (Lipinski definition) is 4. The van der Waals surface area contributed by atoms with Crippen LogP contribution in [-0.2, 0) is 9.53 Å². The van der Waals surface area contributed by atoms with Gasteiger partial charge in [-0.05, 0) is 33.2 Å². The van der Waals surface area contributed by atoms with Crippen LogP contribution in [0.2, 0.25) is 0 Å². The van der Waals surface area contributed by atoms with E-state index in [9.17, 15) is 4.79 Å². The van der Waals surface area contributed by atoms with Gasteiger partial charge in [0, 0.05) is 39.3 Å². The number of carbonyl (C=O) groups is 1. The molecule has 142 valence electrons. The highest BCUT2D eigenvalue weighted by molar-refractivity contribution is 5.77. The summed E-state index contributed by atoms with van der Waals surface area (Å²) in [5, 5.41) is 3.03. The van der Waals surface area contributed by atoms with Crippen molar-refractivity contribution in [3.8, 4) is 0 Å². The molecule has 0 aromatic rings. The van der Waals surface area contributed by atoms with Gasteiger partial charge < -0.3 is 15.0 Å². The first kappa shape index (κ1) is 21.4. The van der Waals surface area contributed by atoms with Gasteiger partial charge in [-0.15, -0.1) is 0 Å². The molecule has 1 aliphatic rings. The Labute approximate surface area is 149 Å². The number of amides is 1. The molecule has 1 rings (SSSR count). The van der Waals surface area contributed by atoms with E-state index in [1.54, 1.807) is 0 Å². The van der Waals surface area contributed by atoms with Crippen LogP contribution in [0.15, 0.2) is 0 Å². The monoisotopic (exact) mass is 341 g/mol. The number of ether oxygens (including phenoxy) is 1. The van der Waals surface area contributed by atoms with E-state index in [2.05, 4.69) is 42.9 Å². The van der Waals surface area contributed by atoms with Crippen molar-refractivity contribution >= 4 is 5.91 Å². The van der Waals surface area contributed by atoms with Gasteiger partial charge in [-0.25, -0.2) is 0 Å². The van der Waals surface area contributed by atoms with Crippen LogP contribution in [0.4, 0.5) is 0 Å². The fourth-order valence-corrected chi connectivity index (χ4v) is 3.23. The number of unbranched alkanes of at least 4 members (excludes halogenated alkanes) is 1. The standard InChI is InChI=1S/C19H39N3O2/c1-5-7-10-19(3,9-6-2)24-16-8-11-20-18(23)17-22-14-12-21(4)13-15-22/h5-17H2,1-4H3,(H,20,23). The van der Waals surface area contributed by atoms with Crippen LogP contribution in [0.1, 0.15) is 59.3 Å². The average molecular weight is 342 g/mol. The Kier molecular flexibility index (Phi) is 10.5. The molecule has 0 aliphatic carbocycles. The van der Waals surface area contributed by atoms with E-state index in [1.165, 1.54) is 12.8 Å². The molecule has 0 spiro atoms. The lowest BCUT2D eigenvalue weighted by Gasteiger charge is -2.31. The Morgan fingerprint density at radius 3 is 2.42 bits per heavy atom. The summed E-state index contributed by atoms with van der Waals surface area (Å²) < 4.78 is 6.15. The van der Waals surface area contributed by atoms with Gasteiger partial charge in [0.15, 0.2) is 0 Å². The highest BCUT2D eigenvalue weighted by Crippen LogP contribution is 2.24. The number of nitrogens with zero attached hydrogens (tertiary/aromatic N) is 2. The molecular formula is C19H39N3O2. The first-order chi connectivity index (χ1) is 11.5. The number of rotatable bonds is 12. The van der Waals surface area contributed by atoms with Crippen molar-refractivity contribution in [2.45, 2.75) is 64.9 Å². The molecule has 5 heteroatoms. The molecule has 1 atom stereocenters. The van der Waals surface area contributed by atoms with Gasteiger partial charge in [0.25, 0.3) is 0 Å². The molecule has 0 saturated carbocycles. The van der Waals surface area contributed by atoms with Crippen molar-refractivity contribution in [3.05, 3.63) is 0 Å². The summed E-state index contributed by atoms with van der Waals surface area (Å²) in [4.78, 5) is 16.5. The van der Waals surface area contributed by atoms with Crippen molar-refractivity contribution in [2.75, 3.05) is 52.9 Å². The quantitative estimate of drug-likeness (QED) is 0.554. The maximum absolute atomic E-state index is 12.0.